The highest BCUT2D eigenvalue weighted by Crippen LogP contribution is 2.61. The van der Waals surface area contributed by atoms with E-state index in [2.05, 4.69) is 311 Å². The normalized spacial score (nSPS) is 12.5. The van der Waals surface area contributed by atoms with E-state index in [9.17, 15) is 0 Å². The van der Waals surface area contributed by atoms with Gasteiger partial charge in [0.25, 0.3) is 0 Å². The van der Waals surface area contributed by atoms with Crippen LogP contribution in [0.3, 0.4) is 0 Å². The summed E-state index contributed by atoms with van der Waals surface area (Å²) in [5.74, 6) is 0. The molecule has 17 rings (SSSR count). The average molecular weight is 1200 g/mol. The van der Waals surface area contributed by atoms with Crippen LogP contribution in [0.5, 0.6) is 0 Å². The fraction of sp³-hybridized carbons (Fsp3) is 0.0345. The van der Waals surface area contributed by atoms with Gasteiger partial charge in [-0.3, -0.25) is 4.98 Å². The number of pyridine rings is 1. The Balaban J connectivity index is 0.814. The summed E-state index contributed by atoms with van der Waals surface area (Å²) in [6.07, 6.45) is 7.41. The second-order valence-corrected chi connectivity index (χ2v) is 28.9. The van der Waals surface area contributed by atoms with E-state index < -0.39 is 15.8 Å². The van der Waals surface area contributed by atoms with E-state index in [-0.39, 0.29) is 0 Å². The summed E-state index contributed by atoms with van der Waals surface area (Å²) in [5, 5.41) is 26.4. The summed E-state index contributed by atoms with van der Waals surface area (Å²) in [5.41, 5.74) is 25.0. The van der Waals surface area contributed by atoms with Crippen molar-refractivity contribution in [3.8, 4) is 100 Å². The van der Waals surface area contributed by atoms with Crippen LogP contribution in [0.2, 0.25) is 0 Å². The van der Waals surface area contributed by atoms with Gasteiger partial charge in [-0.2, -0.15) is 0 Å². The van der Waals surface area contributed by atoms with Gasteiger partial charge in [-0.05, 0) is 226 Å². The number of rotatable bonds is 12. The maximum Gasteiger partial charge on any atom is 0.110 e. The number of hydrogen-bond donors (Lipinski definition) is 1. The first-order valence-electron chi connectivity index (χ1n) is 31.4. The number of fused-ring (bicyclic) bond motifs is 8. The van der Waals surface area contributed by atoms with Gasteiger partial charge in [-0.1, -0.05) is 248 Å². The molecular formula is C87H61N2P2+. The quantitative estimate of drug-likeness (QED) is 0.0961. The molecule has 14 aromatic carbocycles. The number of nitrogens with zero attached hydrogens (tertiary/aromatic N) is 1. The molecular weight excluding hydrogens is 1130 g/mol. The summed E-state index contributed by atoms with van der Waals surface area (Å²) in [7, 11) is -2.44. The molecule has 2 aliphatic carbocycles. The Morgan fingerprint density at radius 2 is 0.714 bits per heavy atom. The van der Waals surface area contributed by atoms with Gasteiger partial charge in [0.1, 0.15) is 15.9 Å². The molecule has 0 fully saturated rings. The average Bonchev–Trinajstić information content (AvgIpc) is 1.57. The van der Waals surface area contributed by atoms with E-state index in [1.165, 1.54) is 181 Å². The van der Waals surface area contributed by atoms with Crippen molar-refractivity contribution >= 4 is 91.7 Å². The molecule has 1 aromatic heterocycles. The van der Waals surface area contributed by atoms with E-state index >= 15 is 0 Å². The Kier molecular flexibility index (Phi) is 13.4. The summed E-state index contributed by atoms with van der Waals surface area (Å²) in [6, 6.07) is 105. The van der Waals surface area contributed by atoms with Gasteiger partial charge >= 0.3 is 0 Å². The molecule has 0 radical (unpaired) electrons. The van der Waals surface area contributed by atoms with Crippen molar-refractivity contribution < 1.29 is 0 Å². The molecule has 1 N–H and O–H groups in total. The Bertz CT molecular complexity index is 5420. The van der Waals surface area contributed by atoms with Crippen LogP contribution < -0.4 is 26.5 Å². The summed E-state index contributed by atoms with van der Waals surface area (Å²) in [6.45, 7) is 6.43. The van der Waals surface area contributed by atoms with Crippen LogP contribution in [0.15, 0.2) is 303 Å². The molecule has 0 saturated heterocycles. The lowest BCUT2D eigenvalue weighted by Crippen LogP contribution is -2.21. The van der Waals surface area contributed by atoms with Gasteiger partial charge in [-0.15, -0.1) is 0 Å². The van der Waals surface area contributed by atoms with Crippen molar-refractivity contribution in [2.45, 2.75) is 20.8 Å². The third-order valence-corrected chi connectivity index (χ3v) is 24.6. The molecule has 428 valence electrons. The number of aryl methyl sites for hydroxylation is 2. The minimum atomic E-state index is -1.41. The van der Waals surface area contributed by atoms with Gasteiger partial charge in [-0.25, -0.2) is 0 Å². The first kappa shape index (κ1) is 54.7. The molecule has 0 amide bonds. The highest BCUT2D eigenvalue weighted by molar-refractivity contribution is 7.80. The van der Waals surface area contributed by atoms with Crippen molar-refractivity contribution in [2.75, 3.05) is 0 Å². The maximum absolute atomic E-state index is 8.63. The second-order valence-electron chi connectivity index (χ2n) is 24.2. The number of nitrogens with one attached hydrogen (secondary N) is 1. The van der Waals surface area contributed by atoms with Gasteiger partial charge in [0.2, 0.25) is 0 Å². The molecule has 1 unspecified atom stereocenters. The molecule has 1 heterocycles. The van der Waals surface area contributed by atoms with Crippen molar-refractivity contribution in [1.29, 1.82) is 5.41 Å². The first-order chi connectivity index (χ1) is 44.9. The standard InChI is InChI=1S/C87H60N2P2/c1-4-62(53-88)90(65-49-51-89-52-50-65)76-47-45-75-82-70(76)25-15-27-72(82)84-78(58-17-7-5-8-18-58)66-21-11-14-24-69(66)81(87(75)84)61-39-35-57(36-40-61)56-33-37-60(38-34-56)80-68-23-13-12-22-67(68)79(59-19-9-6-10-20-59)86-74-46-48-77(71-26-16-28-73(83(71)74)85(80)86)91(63-41-29-54(2)30-42-63)64-43-31-55(3)32-44-64/h4-53,88H,1-3H3/p+1/b62-4+,88-53?. The predicted molar refractivity (Wildman–Crippen MR) is 395 cm³/mol. The van der Waals surface area contributed by atoms with Crippen LogP contribution in [-0.2, 0) is 0 Å². The SMILES string of the molecule is C/C=C(\C=N)P(c1ccncc1)c1ccc2c3c(cccc13)-c1c-2c(-c2ccc(-c3ccc(-c4c5c(c(-c6ccccc6)c6ccccc46)-c4ccc([PH+](c6ccc(C)cc6)c6ccc(C)cc6)c6cccc-5c46)cc3)cc2)c2ccccc2c1-c1ccccc1. The van der Waals surface area contributed by atoms with Gasteiger partial charge in [0, 0.05) is 29.4 Å². The minimum Gasteiger partial charge on any atom is -0.308 e. The highest BCUT2D eigenvalue weighted by atomic mass is 31.1. The Labute approximate surface area is 533 Å². The van der Waals surface area contributed by atoms with Crippen LogP contribution in [0.25, 0.3) is 143 Å². The van der Waals surface area contributed by atoms with Gasteiger partial charge in [0.15, 0.2) is 0 Å². The van der Waals surface area contributed by atoms with Crippen molar-refractivity contribution in [2.24, 2.45) is 0 Å². The smallest absolute Gasteiger partial charge is 0.110 e. The zero-order chi connectivity index (χ0) is 60.8. The maximum atomic E-state index is 8.63. The lowest BCUT2D eigenvalue weighted by molar-refractivity contribution is 1.34. The lowest BCUT2D eigenvalue weighted by Gasteiger charge is -2.22. The number of hydrogen-bond acceptors (Lipinski definition) is 2. The second kappa shape index (κ2) is 22.2. The van der Waals surface area contributed by atoms with Gasteiger partial charge in [0.05, 0.1) is 7.92 Å². The molecule has 0 bridgehead atoms. The van der Waals surface area contributed by atoms with E-state index in [4.69, 9.17) is 5.41 Å². The third-order valence-electron chi connectivity index (χ3n) is 19.2. The molecule has 1 atom stereocenters. The zero-order valence-corrected chi connectivity index (χ0v) is 52.7. The topological polar surface area (TPSA) is 36.7 Å². The monoisotopic (exact) mass is 1200 g/mol. The van der Waals surface area contributed by atoms with E-state index in [0.29, 0.717) is 0 Å². The lowest BCUT2D eigenvalue weighted by atomic mass is 9.82. The van der Waals surface area contributed by atoms with E-state index in [0.717, 1.165) is 5.31 Å². The van der Waals surface area contributed by atoms with Crippen molar-refractivity contribution in [3.05, 3.63) is 314 Å². The van der Waals surface area contributed by atoms with E-state index in [1.54, 1.807) is 6.21 Å². The van der Waals surface area contributed by atoms with Crippen molar-refractivity contribution in [3.63, 3.8) is 0 Å². The number of benzene rings is 14. The number of allylic oxidation sites excluding steroid dienone is 2. The zero-order valence-electron chi connectivity index (χ0n) is 50.8. The Morgan fingerprint density at radius 1 is 0.341 bits per heavy atom. The fourth-order valence-corrected chi connectivity index (χ4v) is 20.2. The molecule has 15 aromatic rings. The summed E-state index contributed by atoms with van der Waals surface area (Å²) >= 11 is 0. The van der Waals surface area contributed by atoms with Crippen LogP contribution in [0, 0.1) is 19.3 Å². The third kappa shape index (κ3) is 8.77. The first-order valence-corrected chi connectivity index (χ1v) is 34.3. The van der Waals surface area contributed by atoms with Crippen molar-refractivity contribution in [1.82, 2.24) is 4.98 Å². The minimum absolute atomic E-state index is 1.01. The summed E-state index contributed by atoms with van der Waals surface area (Å²) < 4.78 is 0. The van der Waals surface area contributed by atoms with Crippen LogP contribution in [0.1, 0.15) is 18.1 Å². The predicted octanol–water partition coefficient (Wildman–Crippen LogP) is 21.4. The fourth-order valence-electron chi connectivity index (χ4n) is 15.2. The van der Waals surface area contributed by atoms with Crippen LogP contribution in [0.4, 0.5) is 0 Å². The number of aromatic nitrogens is 1. The van der Waals surface area contributed by atoms with Crippen LogP contribution in [-0.4, -0.2) is 11.2 Å². The molecule has 0 saturated carbocycles. The van der Waals surface area contributed by atoms with E-state index in [1.807, 2.05) is 12.4 Å². The van der Waals surface area contributed by atoms with Gasteiger partial charge < -0.3 is 5.41 Å². The molecule has 0 spiro atoms. The molecule has 2 nitrogen and oxygen atoms in total. The molecule has 4 heteroatoms. The highest BCUT2D eigenvalue weighted by Gasteiger charge is 2.36. The summed E-state index contributed by atoms with van der Waals surface area (Å²) in [4.78, 5) is 4.40. The largest absolute Gasteiger partial charge is 0.308 e. The van der Waals surface area contributed by atoms with Crippen LogP contribution >= 0.6 is 15.8 Å². The Hall–Kier alpha value is -10.5. The molecule has 91 heavy (non-hydrogen) atoms. The molecule has 2 aliphatic rings. The molecule has 0 aliphatic heterocycles. The Morgan fingerprint density at radius 3 is 1.15 bits per heavy atom.